The van der Waals surface area contributed by atoms with E-state index in [1.807, 2.05) is 42.5 Å². The van der Waals surface area contributed by atoms with Crippen LogP contribution in [0.15, 0.2) is 72.8 Å². The van der Waals surface area contributed by atoms with Gasteiger partial charge in [0, 0.05) is 44.8 Å². The summed E-state index contributed by atoms with van der Waals surface area (Å²) >= 11 is 0. The normalized spacial score (nSPS) is 19.6. The van der Waals surface area contributed by atoms with E-state index in [0.717, 1.165) is 62.4 Å². The molecule has 216 valence electrons. The van der Waals surface area contributed by atoms with E-state index in [-0.39, 0.29) is 24.2 Å². The van der Waals surface area contributed by atoms with Crippen molar-refractivity contribution >= 4 is 11.8 Å². The van der Waals surface area contributed by atoms with Gasteiger partial charge in [-0.05, 0) is 66.5 Å². The van der Waals surface area contributed by atoms with Crippen LogP contribution in [0.4, 0.5) is 4.39 Å². The molecule has 3 aromatic rings. The molecule has 0 radical (unpaired) electrons. The maximum absolute atomic E-state index is 14.0. The summed E-state index contributed by atoms with van der Waals surface area (Å²) in [5.41, 5.74) is 2.87. The summed E-state index contributed by atoms with van der Waals surface area (Å²) in [5, 5.41) is 3.19. The number of nitrogens with one attached hydrogen (secondary N) is 1. The molecule has 0 aromatic heterocycles. The number of likely N-dealkylation sites (N-methyl/N-ethyl adjacent to an activating group) is 1. The second-order valence-electron chi connectivity index (χ2n) is 10.8. The average molecular weight is 559 g/mol. The van der Waals surface area contributed by atoms with Gasteiger partial charge in [-0.1, -0.05) is 49.4 Å². The number of piperazine rings is 1. The number of halogens is 1. The van der Waals surface area contributed by atoms with Crippen molar-refractivity contribution in [1.82, 2.24) is 20.0 Å². The summed E-state index contributed by atoms with van der Waals surface area (Å²) in [5.74, 6) is -0.500. The fraction of sp³-hybridized carbons (Fsp3) is 0.394. The molecule has 1 saturated heterocycles. The van der Waals surface area contributed by atoms with Gasteiger partial charge < -0.3 is 24.8 Å². The molecule has 2 aliphatic heterocycles. The lowest BCUT2D eigenvalue weighted by atomic mass is 9.79. The fourth-order valence-electron chi connectivity index (χ4n) is 5.96. The molecule has 0 bridgehead atoms. The molecular weight excluding hydrogens is 519 g/mol. The van der Waals surface area contributed by atoms with Crippen LogP contribution in [-0.4, -0.2) is 79.4 Å². The summed E-state index contributed by atoms with van der Waals surface area (Å²) in [7, 11) is 1.61. The molecule has 0 spiro atoms. The first-order chi connectivity index (χ1) is 20.0. The Morgan fingerprint density at radius 2 is 1.63 bits per heavy atom. The molecule has 41 heavy (non-hydrogen) atoms. The van der Waals surface area contributed by atoms with Crippen molar-refractivity contribution in [2.24, 2.45) is 0 Å². The van der Waals surface area contributed by atoms with Crippen LogP contribution in [0, 0.1) is 5.82 Å². The van der Waals surface area contributed by atoms with E-state index >= 15 is 0 Å². The second kappa shape index (κ2) is 13.3. The molecule has 1 fully saturated rings. The maximum Gasteiger partial charge on any atom is 0.255 e. The van der Waals surface area contributed by atoms with Gasteiger partial charge in [0.25, 0.3) is 5.91 Å². The third kappa shape index (κ3) is 6.60. The van der Waals surface area contributed by atoms with Crippen molar-refractivity contribution in [3.05, 3.63) is 101 Å². The Balaban J connectivity index is 1.40. The summed E-state index contributed by atoms with van der Waals surface area (Å²) < 4.78 is 19.0. The van der Waals surface area contributed by atoms with Crippen molar-refractivity contribution in [2.75, 3.05) is 52.9 Å². The largest absolute Gasteiger partial charge is 0.497 e. The van der Waals surface area contributed by atoms with Crippen LogP contribution in [-0.2, 0) is 11.3 Å². The highest BCUT2D eigenvalue weighted by molar-refractivity contribution is 6.01. The highest BCUT2D eigenvalue weighted by Gasteiger charge is 2.44. The number of benzene rings is 3. The third-order valence-electron chi connectivity index (χ3n) is 8.31. The minimum absolute atomic E-state index is 0.106. The molecule has 0 saturated carbocycles. The average Bonchev–Trinajstić information content (AvgIpc) is 3.01. The second-order valence-corrected chi connectivity index (χ2v) is 10.8. The minimum atomic E-state index is -0.606. The zero-order chi connectivity index (χ0) is 28.8. The molecule has 0 aliphatic carbocycles. The zero-order valence-electron chi connectivity index (χ0n) is 23.9. The van der Waals surface area contributed by atoms with E-state index in [0.29, 0.717) is 17.9 Å². The van der Waals surface area contributed by atoms with Crippen LogP contribution in [0.1, 0.15) is 52.4 Å². The lowest BCUT2D eigenvalue weighted by Gasteiger charge is -2.42. The first-order valence-corrected chi connectivity index (χ1v) is 14.5. The maximum atomic E-state index is 14.0. The topological polar surface area (TPSA) is 65.1 Å². The molecule has 7 nitrogen and oxygen atoms in total. The Labute approximate surface area is 241 Å². The predicted molar refractivity (Wildman–Crippen MR) is 157 cm³/mol. The van der Waals surface area contributed by atoms with Gasteiger partial charge in [0.05, 0.1) is 19.1 Å². The lowest BCUT2D eigenvalue weighted by Crippen LogP contribution is -2.48. The minimum Gasteiger partial charge on any atom is -0.497 e. The number of carbonyl (C=O) groups excluding carboxylic acids is 2. The van der Waals surface area contributed by atoms with Gasteiger partial charge in [0.15, 0.2) is 0 Å². The quantitative estimate of drug-likeness (QED) is 0.373. The number of methoxy groups -OCH3 is 1. The number of carbonyl (C=O) groups is 2. The molecule has 0 unspecified atom stereocenters. The molecule has 5 rings (SSSR count). The van der Waals surface area contributed by atoms with E-state index < -0.39 is 12.0 Å². The van der Waals surface area contributed by atoms with E-state index in [9.17, 15) is 14.0 Å². The SMILES string of the molecule is CCN1CCN(CCCNC(=O)[C@H]2c3ccccc3C(=O)N(Cc3ccc(F)cc3)[C@@H]2c2ccc(OC)cc2)CC1. The van der Waals surface area contributed by atoms with Crippen molar-refractivity contribution in [2.45, 2.75) is 31.8 Å². The molecular formula is C33H39FN4O3. The van der Waals surface area contributed by atoms with Crippen molar-refractivity contribution < 1.29 is 18.7 Å². The van der Waals surface area contributed by atoms with Crippen molar-refractivity contribution in [1.29, 1.82) is 0 Å². The monoisotopic (exact) mass is 558 g/mol. The van der Waals surface area contributed by atoms with Gasteiger partial charge in [-0.3, -0.25) is 9.59 Å². The van der Waals surface area contributed by atoms with Gasteiger partial charge in [0.1, 0.15) is 11.6 Å². The fourth-order valence-corrected chi connectivity index (χ4v) is 5.96. The van der Waals surface area contributed by atoms with Crippen LogP contribution in [0.2, 0.25) is 0 Å². The van der Waals surface area contributed by atoms with E-state index in [1.165, 1.54) is 12.1 Å². The van der Waals surface area contributed by atoms with E-state index in [2.05, 4.69) is 22.0 Å². The Hall–Kier alpha value is -3.75. The first-order valence-electron chi connectivity index (χ1n) is 14.5. The number of nitrogens with zero attached hydrogens (tertiary/aromatic N) is 3. The number of hydrogen-bond donors (Lipinski definition) is 1. The van der Waals surface area contributed by atoms with E-state index in [1.54, 1.807) is 30.2 Å². The Bertz CT molecular complexity index is 1320. The van der Waals surface area contributed by atoms with E-state index in [4.69, 9.17) is 4.74 Å². The predicted octanol–water partition coefficient (Wildman–Crippen LogP) is 4.46. The molecule has 8 heteroatoms. The van der Waals surface area contributed by atoms with Crippen LogP contribution in [0.5, 0.6) is 5.75 Å². The van der Waals surface area contributed by atoms with Crippen LogP contribution < -0.4 is 10.1 Å². The first kappa shape index (κ1) is 28.8. The Kier molecular flexibility index (Phi) is 9.31. The molecule has 2 amide bonds. The molecule has 2 atom stereocenters. The number of hydrogen-bond acceptors (Lipinski definition) is 5. The summed E-state index contributed by atoms with van der Waals surface area (Å²) in [4.78, 5) is 34.6. The zero-order valence-corrected chi connectivity index (χ0v) is 23.9. The van der Waals surface area contributed by atoms with Crippen LogP contribution >= 0.6 is 0 Å². The molecule has 3 aromatic carbocycles. The molecule has 2 aliphatic rings. The molecule has 1 N–H and O–H groups in total. The Morgan fingerprint density at radius 1 is 0.951 bits per heavy atom. The number of ether oxygens (including phenoxy) is 1. The highest BCUT2D eigenvalue weighted by atomic mass is 19.1. The van der Waals surface area contributed by atoms with Gasteiger partial charge in [-0.2, -0.15) is 0 Å². The van der Waals surface area contributed by atoms with Crippen LogP contribution in [0.25, 0.3) is 0 Å². The number of amides is 2. The summed E-state index contributed by atoms with van der Waals surface area (Å²) in [6, 6.07) is 20.5. The highest BCUT2D eigenvalue weighted by Crippen LogP contribution is 2.44. The summed E-state index contributed by atoms with van der Waals surface area (Å²) in [6.45, 7) is 9.31. The Morgan fingerprint density at radius 3 is 2.32 bits per heavy atom. The van der Waals surface area contributed by atoms with Gasteiger partial charge in [-0.15, -0.1) is 0 Å². The third-order valence-corrected chi connectivity index (χ3v) is 8.31. The standard InChI is InChI=1S/C33H39FN4O3/c1-3-36-19-21-37(22-20-36)18-6-17-35-32(39)30-28-7-4-5-8-29(28)33(40)38(23-24-9-13-26(34)14-10-24)31(30)25-11-15-27(41-2)16-12-25/h4-5,7-16,30-31H,3,6,17-23H2,1-2H3,(H,35,39)/t30-,31+/m0/s1. The number of rotatable bonds is 10. The van der Waals surface area contributed by atoms with Gasteiger partial charge >= 0.3 is 0 Å². The van der Waals surface area contributed by atoms with Crippen molar-refractivity contribution in [3.8, 4) is 5.75 Å². The summed E-state index contributed by atoms with van der Waals surface area (Å²) in [6.07, 6.45) is 0.859. The van der Waals surface area contributed by atoms with Crippen LogP contribution in [0.3, 0.4) is 0 Å². The number of fused-ring (bicyclic) bond motifs is 1. The smallest absolute Gasteiger partial charge is 0.255 e. The van der Waals surface area contributed by atoms with Gasteiger partial charge in [0.2, 0.25) is 5.91 Å². The lowest BCUT2D eigenvalue weighted by molar-refractivity contribution is -0.124. The molecule has 2 heterocycles. The van der Waals surface area contributed by atoms with Crippen molar-refractivity contribution in [3.63, 3.8) is 0 Å². The van der Waals surface area contributed by atoms with Gasteiger partial charge in [-0.25, -0.2) is 4.39 Å².